The van der Waals surface area contributed by atoms with Gasteiger partial charge < -0.3 is 14.8 Å². The van der Waals surface area contributed by atoms with E-state index < -0.39 is 0 Å². The molecule has 0 radical (unpaired) electrons. The Kier molecular flexibility index (Phi) is 3.94. The maximum atomic E-state index is 6.05. The second-order valence-electron chi connectivity index (χ2n) is 5.10. The van der Waals surface area contributed by atoms with Gasteiger partial charge in [-0.15, -0.1) is 11.3 Å². The van der Waals surface area contributed by atoms with Crippen molar-refractivity contribution >= 4 is 11.3 Å². The van der Waals surface area contributed by atoms with Gasteiger partial charge in [0, 0.05) is 11.4 Å². The standard InChI is InChI=1S/C13H20N2O2S/c1-9-15-10(8-18-9)6-16-7-11-2-3-12-13(17-11)4-5-14-12/h8,11-14H,2-7H2,1H3/t11?,12-,13-/m0/s1. The number of hydrogen-bond donors (Lipinski definition) is 1. The van der Waals surface area contributed by atoms with E-state index >= 15 is 0 Å². The van der Waals surface area contributed by atoms with Crippen LogP contribution in [0.1, 0.15) is 30.0 Å². The Labute approximate surface area is 112 Å². The number of aromatic nitrogens is 1. The Balaban J connectivity index is 1.41. The average Bonchev–Trinajstić information content (AvgIpc) is 2.97. The van der Waals surface area contributed by atoms with Crippen LogP contribution in [-0.2, 0) is 16.1 Å². The lowest BCUT2D eigenvalue weighted by Gasteiger charge is -2.32. The van der Waals surface area contributed by atoms with Crippen LogP contribution >= 0.6 is 11.3 Å². The summed E-state index contributed by atoms with van der Waals surface area (Å²) in [6.07, 6.45) is 4.14. The zero-order valence-electron chi connectivity index (χ0n) is 10.7. The summed E-state index contributed by atoms with van der Waals surface area (Å²) in [7, 11) is 0. The first-order chi connectivity index (χ1) is 8.81. The zero-order chi connectivity index (χ0) is 12.4. The minimum absolute atomic E-state index is 0.269. The van der Waals surface area contributed by atoms with Crippen LogP contribution in [0, 0.1) is 6.92 Å². The molecule has 2 fully saturated rings. The SMILES string of the molecule is Cc1nc(COCC2CC[C@@H]3NCC[C@@H]3O2)cs1. The summed E-state index contributed by atoms with van der Waals surface area (Å²) in [5.74, 6) is 0. The van der Waals surface area contributed by atoms with Gasteiger partial charge >= 0.3 is 0 Å². The molecular formula is C13H20N2O2S. The zero-order valence-corrected chi connectivity index (χ0v) is 11.5. The number of thiazole rings is 1. The molecule has 2 aliphatic rings. The van der Waals surface area contributed by atoms with Gasteiger partial charge in [0.25, 0.3) is 0 Å². The van der Waals surface area contributed by atoms with Gasteiger partial charge in [-0.3, -0.25) is 0 Å². The van der Waals surface area contributed by atoms with Crippen LogP contribution in [0.2, 0.25) is 0 Å². The second-order valence-corrected chi connectivity index (χ2v) is 6.16. The molecular weight excluding hydrogens is 248 g/mol. The van der Waals surface area contributed by atoms with Gasteiger partial charge in [0.15, 0.2) is 0 Å². The third kappa shape index (κ3) is 2.91. The van der Waals surface area contributed by atoms with Gasteiger partial charge in [-0.1, -0.05) is 0 Å². The van der Waals surface area contributed by atoms with Crippen LogP contribution in [0.3, 0.4) is 0 Å². The van der Waals surface area contributed by atoms with Crippen molar-refractivity contribution in [2.45, 2.75) is 51.0 Å². The summed E-state index contributed by atoms with van der Waals surface area (Å²) in [5.41, 5.74) is 1.04. The fraction of sp³-hybridized carbons (Fsp3) is 0.769. The van der Waals surface area contributed by atoms with Gasteiger partial charge in [0.2, 0.25) is 0 Å². The number of nitrogens with one attached hydrogen (secondary N) is 1. The van der Waals surface area contributed by atoms with Crippen molar-refractivity contribution in [3.63, 3.8) is 0 Å². The summed E-state index contributed by atoms with van der Waals surface area (Å²) >= 11 is 1.67. The molecule has 1 unspecified atom stereocenters. The summed E-state index contributed by atoms with van der Waals surface area (Å²) in [6.45, 7) is 4.42. The average molecular weight is 268 g/mol. The minimum Gasteiger partial charge on any atom is -0.372 e. The van der Waals surface area contributed by atoms with Crippen molar-refractivity contribution in [2.75, 3.05) is 13.2 Å². The van der Waals surface area contributed by atoms with Crippen molar-refractivity contribution < 1.29 is 9.47 Å². The molecule has 0 aliphatic carbocycles. The van der Waals surface area contributed by atoms with Crippen LogP contribution in [0.25, 0.3) is 0 Å². The molecule has 1 aromatic rings. The lowest BCUT2D eigenvalue weighted by molar-refractivity contribution is -0.0911. The molecule has 4 nitrogen and oxygen atoms in total. The van der Waals surface area contributed by atoms with Crippen LogP contribution in [-0.4, -0.2) is 36.4 Å². The molecule has 18 heavy (non-hydrogen) atoms. The van der Waals surface area contributed by atoms with E-state index in [-0.39, 0.29) is 6.10 Å². The Morgan fingerprint density at radius 1 is 1.50 bits per heavy atom. The van der Waals surface area contributed by atoms with E-state index in [1.807, 2.05) is 6.92 Å². The lowest BCUT2D eigenvalue weighted by Crippen LogP contribution is -2.41. The van der Waals surface area contributed by atoms with E-state index in [2.05, 4.69) is 15.7 Å². The third-order valence-electron chi connectivity index (χ3n) is 3.67. The van der Waals surface area contributed by atoms with Crippen molar-refractivity contribution in [3.8, 4) is 0 Å². The Morgan fingerprint density at radius 2 is 2.44 bits per heavy atom. The third-order valence-corrected chi connectivity index (χ3v) is 4.49. The molecule has 3 rings (SSSR count). The molecule has 5 heteroatoms. The molecule has 2 aliphatic heterocycles. The normalized spacial score (nSPS) is 31.5. The highest BCUT2D eigenvalue weighted by atomic mass is 32.1. The van der Waals surface area contributed by atoms with E-state index in [0.717, 1.165) is 30.1 Å². The molecule has 1 aromatic heterocycles. The summed E-state index contributed by atoms with van der Waals surface area (Å²) in [6, 6.07) is 0.586. The highest BCUT2D eigenvalue weighted by molar-refractivity contribution is 7.09. The van der Waals surface area contributed by atoms with E-state index in [1.54, 1.807) is 11.3 Å². The van der Waals surface area contributed by atoms with Crippen LogP contribution in [0.5, 0.6) is 0 Å². The monoisotopic (exact) mass is 268 g/mol. The predicted octanol–water partition coefficient (Wildman–Crippen LogP) is 1.88. The van der Waals surface area contributed by atoms with E-state index in [1.165, 1.54) is 6.42 Å². The quantitative estimate of drug-likeness (QED) is 0.905. The molecule has 0 aromatic carbocycles. The highest BCUT2D eigenvalue weighted by Crippen LogP contribution is 2.25. The molecule has 3 heterocycles. The number of rotatable bonds is 4. The van der Waals surface area contributed by atoms with Gasteiger partial charge in [0.05, 0.1) is 36.1 Å². The number of hydrogen-bond acceptors (Lipinski definition) is 5. The number of nitrogens with zero attached hydrogens (tertiary/aromatic N) is 1. The van der Waals surface area contributed by atoms with Crippen LogP contribution < -0.4 is 5.32 Å². The van der Waals surface area contributed by atoms with Crippen molar-refractivity contribution in [2.24, 2.45) is 0 Å². The maximum absolute atomic E-state index is 6.05. The molecule has 0 bridgehead atoms. The van der Waals surface area contributed by atoms with Gasteiger partial charge in [-0.2, -0.15) is 0 Å². The van der Waals surface area contributed by atoms with E-state index in [9.17, 15) is 0 Å². The first-order valence-electron chi connectivity index (χ1n) is 6.69. The van der Waals surface area contributed by atoms with Gasteiger partial charge in [0.1, 0.15) is 0 Å². The highest BCUT2D eigenvalue weighted by Gasteiger charge is 2.34. The first kappa shape index (κ1) is 12.5. The van der Waals surface area contributed by atoms with E-state index in [4.69, 9.17) is 9.47 Å². The largest absolute Gasteiger partial charge is 0.372 e. The Bertz CT molecular complexity index is 396. The first-order valence-corrected chi connectivity index (χ1v) is 7.57. The number of fused-ring (bicyclic) bond motifs is 1. The fourth-order valence-corrected chi connectivity index (χ4v) is 3.36. The summed E-state index contributed by atoms with van der Waals surface area (Å²) in [5, 5.41) is 6.65. The molecule has 1 N–H and O–H groups in total. The summed E-state index contributed by atoms with van der Waals surface area (Å²) < 4.78 is 11.8. The van der Waals surface area contributed by atoms with Crippen LogP contribution in [0.4, 0.5) is 0 Å². The van der Waals surface area contributed by atoms with Crippen molar-refractivity contribution in [1.29, 1.82) is 0 Å². The van der Waals surface area contributed by atoms with E-state index in [0.29, 0.717) is 25.4 Å². The lowest BCUT2D eigenvalue weighted by atomic mass is 10.0. The molecule has 0 saturated carbocycles. The Hall–Kier alpha value is -0.490. The van der Waals surface area contributed by atoms with Gasteiger partial charge in [-0.25, -0.2) is 4.98 Å². The number of aryl methyl sites for hydroxylation is 1. The minimum atomic E-state index is 0.269. The maximum Gasteiger partial charge on any atom is 0.0898 e. The van der Waals surface area contributed by atoms with Crippen molar-refractivity contribution in [3.05, 3.63) is 16.1 Å². The van der Waals surface area contributed by atoms with Gasteiger partial charge in [-0.05, 0) is 32.7 Å². The molecule has 3 atom stereocenters. The topological polar surface area (TPSA) is 43.4 Å². The van der Waals surface area contributed by atoms with Crippen LogP contribution in [0.15, 0.2) is 5.38 Å². The predicted molar refractivity (Wildman–Crippen MR) is 70.8 cm³/mol. The molecule has 2 saturated heterocycles. The second kappa shape index (κ2) is 5.65. The summed E-state index contributed by atoms with van der Waals surface area (Å²) in [4.78, 5) is 4.39. The Morgan fingerprint density at radius 3 is 3.28 bits per heavy atom. The number of ether oxygens (including phenoxy) is 2. The molecule has 0 amide bonds. The molecule has 0 spiro atoms. The fourth-order valence-electron chi connectivity index (χ4n) is 2.77. The smallest absolute Gasteiger partial charge is 0.0898 e. The van der Waals surface area contributed by atoms with Crippen molar-refractivity contribution in [1.82, 2.24) is 10.3 Å². The molecule has 100 valence electrons.